The van der Waals surface area contributed by atoms with Crippen LogP contribution in [0.3, 0.4) is 0 Å². The van der Waals surface area contributed by atoms with Crippen LogP contribution < -0.4 is 0 Å². The molecule has 103 heavy (non-hydrogen) atoms. The predicted octanol–water partition coefficient (Wildman–Crippen LogP) is 23.9. The van der Waals surface area contributed by atoms with Crippen molar-refractivity contribution in [3.63, 3.8) is 0 Å². The Bertz CT molecular complexity index is 2410. The Balaban J connectivity index is 4.51. The van der Waals surface area contributed by atoms with Crippen LogP contribution in [0.15, 0.2) is 134 Å². The largest absolute Gasteiger partial charge is 0.472 e. The van der Waals surface area contributed by atoms with E-state index in [2.05, 4.69) is 154 Å². The van der Waals surface area contributed by atoms with Gasteiger partial charge in [0.05, 0.1) is 26.4 Å². The van der Waals surface area contributed by atoms with E-state index in [1.54, 1.807) is 0 Å². The number of allylic oxidation sites excluding steroid dienone is 22. The molecule has 5 unspecified atom stereocenters. The van der Waals surface area contributed by atoms with Gasteiger partial charge in [0.15, 0.2) is 6.10 Å². The molecule has 0 saturated carbocycles. The molecule has 0 aliphatic rings. The van der Waals surface area contributed by atoms with Crippen molar-refractivity contribution in [1.29, 1.82) is 0 Å². The molecular weight excluding hydrogens is 1340 g/mol. The Kier molecular flexibility index (Phi) is 74.1. The Morgan fingerprint density at radius 2 is 0.515 bits per heavy atom. The molecule has 16 nitrogen and oxygen atoms in total. The van der Waals surface area contributed by atoms with Crippen LogP contribution in [0.25, 0.3) is 0 Å². The predicted molar refractivity (Wildman–Crippen MR) is 426 cm³/mol. The summed E-state index contributed by atoms with van der Waals surface area (Å²) in [5.41, 5.74) is 0. The second-order valence-corrected chi connectivity index (χ2v) is 29.7. The van der Waals surface area contributed by atoms with Gasteiger partial charge in [0.25, 0.3) is 0 Å². The summed E-state index contributed by atoms with van der Waals surface area (Å²) in [6.45, 7) is 2.46. The number of aliphatic hydroxyl groups is 2. The molecule has 0 bridgehead atoms. The van der Waals surface area contributed by atoms with Gasteiger partial charge in [-0.05, 0) is 116 Å². The quantitative estimate of drug-likeness (QED) is 0.0146. The number of carbonyl (C=O) groups is 3. The number of ether oxygens (including phenoxy) is 3. The Morgan fingerprint density at radius 3 is 0.816 bits per heavy atom. The molecule has 0 amide bonds. The fraction of sp³-hybridized carbons (Fsp3) is 0.706. The number of unbranched alkanes of at least 4 members (excludes halogenated alkanes) is 31. The Morgan fingerprint density at radius 1 is 0.282 bits per heavy atom. The van der Waals surface area contributed by atoms with Gasteiger partial charge in [0, 0.05) is 19.3 Å². The molecule has 4 N–H and O–H groups in total. The number of phosphoric ester groups is 2. The topological polar surface area (TPSA) is 231 Å². The lowest BCUT2D eigenvalue weighted by atomic mass is 10.0. The third-order valence-electron chi connectivity index (χ3n) is 16.9. The number of rotatable bonds is 76. The number of phosphoric acid groups is 2. The van der Waals surface area contributed by atoms with Crippen molar-refractivity contribution >= 4 is 33.6 Å². The van der Waals surface area contributed by atoms with E-state index < -0.39 is 91.5 Å². The Labute approximate surface area is 626 Å². The van der Waals surface area contributed by atoms with Gasteiger partial charge in [-0.25, -0.2) is 9.13 Å². The summed E-state index contributed by atoms with van der Waals surface area (Å²) >= 11 is 0. The molecule has 5 atom stereocenters. The summed E-state index contributed by atoms with van der Waals surface area (Å²) < 4.78 is 61.2. The summed E-state index contributed by atoms with van der Waals surface area (Å²) in [7, 11) is -9.79. The minimum absolute atomic E-state index is 0.102. The lowest BCUT2D eigenvalue weighted by molar-refractivity contribution is -0.161. The van der Waals surface area contributed by atoms with E-state index in [0.29, 0.717) is 19.3 Å². The van der Waals surface area contributed by atoms with Crippen molar-refractivity contribution in [2.45, 2.75) is 347 Å². The number of hydrogen-bond acceptors (Lipinski definition) is 14. The van der Waals surface area contributed by atoms with Gasteiger partial charge in [-0.3, -0.25) is 32.5 Å². The van der Waals surface area contributed by atoms with Crippen LogP contribution in [0.4, 0.5) is 0 Å². The molecule has 0 aromatic carbocycles. The maximum atomic E-state index is 13.0. The zero-order valence-electron chi connectivity index (χ0n) is 64.7. The summed E-state index contributed by atoms with van der Waals surface area (Å²) in [6, 6.07) is 0. The molecule has 0 aromatic heterocycles. The number of carbonyl (C=O) groups excluding carboxylic acids is 3. The zero-order chi connectivity index (χ0) is 75.2. The summed E-state index contributed by atoms with van der Waals surface area (Å²) in [4.78, 5) is 58.7. The first-order chi connectivity index (χ1) is 50.2. The van der Waals surface area contributed by atoms with Gasteiger partial charge >= 0.3 is 33.6 Å². The van der Waals surface area contributed by atoms with Gasteiger partial charge < -0.3 is 34.2 Å². The second-order valence-electron chi connectivity index (χ2n) is 26.8. The van der Waals surface area contributed by atoms with Crippen molar-refractivity contribution < 1.29 is 75.8 Å². The highest BCUT2D eigenvalue weighted by atomic mass is 31.2. The van der Waals surface area contributed by atoms with Gasteiger partial charge in [-0.1, -0.05) is 328 Å². The van der Waals surface area contributed by atoms with E-state index in [9.17, 15) is 43.5 Å². The van der Waals surface area contributed by atoms with Crippen molar-refractivity contribution in [1.82, 2.24) is 0 Å². The smallest absolute Gasteiger partial charge is 0.463 e. The molecule has 0 saturated heterocycles. The highest BCUT2D eigenvalue weighted by Crippen LogP contribution is 2.45. The average molecular weight is 1490 g/mol. The highest BCUT2D eigenvalue weighted by molar-refractivity contribution is 7.47. The van der Waals surface area contributed by atoms with Crippen LogP contribution in [0.5, 0.6) is 0 Å². The molecule has 0 fully saturated rings. The first kappa shape index (κ1) is 98.7. The fourth-order valence-electron chi connectivity index (χ4n) is 10.8. The summed E-state index contributed by atoms with van der Waals surface area (Å²) in [6.07, 6.45) is 93.5. The third-order valence-corrected chi connectivity index (χ3v) is 18.8. The Hall–Kier alpha value is -4.31. The molecule has 0 radical (unpaired) electrons. The third kappa shape index (κ3) is 78.6. The van der Waals surface area contributed by atoms with Crippen LogP contribution in [0.1, 0.15) is 329 Å². The van der Waals surface area contributed by atoms with E-state index in [4.69, 9.17) is 32.3 Å². The van der Waals surface area contributed by atoms with Crippen LogP contribution in [-0.4, -0.2) is 95.9 Å². The van der Waals surface area contributed by atoms with Gasteiger partial charge in [0.2, 0.25) is 0 Å². The number of esters is 3. The normalized spacial score (nSPS) is 14.7. The van der Waals surface area contributed by atoms with E-state index in [0.717, 1.165) is 154 Å². The van der Waals surface area contributed by atoms with Crippen LogP contribution in [-0.2, 0) is 55.8 Å². The zero-order valence-corrected chi connectivity index (χ0v) is 66.5. The molecule has 592 valence electrons. The standard InChI is InChI=1S/C85H146O16P2/c1-4-7-10-13-16-19-22-25-28-30-32-34-35-36-37-38-39-40-41-42-43-45-47-48-51-53-56-59-62-65-68-71-83(88)95-74-80(86)75-97-102(91,92)98-76-81(87)77-99-103(93,94)100-79-82(101-85(90)73-70-67-64-61-58-55-50-27-24-21-18-15-12-9-6-3)78-96-84(89)72-69-66-63-60-57-54-52-49-46-44-33-31-29-26-23-20-17-14-11-8-5-2/h7-8,10-11,16-17,19-20,25-26,28-29,32-34,36-37,39-40,44,49,52,80-82,86-87H,4-6,9,12-15,18,21-24,27,30-31,35,38,41-43,45-48,50-51,53-79H2,1-3H3,(H,91,92)(H,93,94)/b10-7-,11-8-,19-16-,20-17-,28-25-,29-26-,34-32-,37-36-,40-39-,44-33-,52-49-. The molecule has 18 heteroatoms. The van der Waals surface area contributed by atoms with Gasteiger partial charge in [-0.15, -0.1) is 0 Å². The van der Waals surface area contributed by atoms with E-state index in [1.807, 2.05) is 0 Å². The lowest BCUT2D eigenvalue weighted by Crippen LogP contribution is -2.30. The van der Waals surface area contributed by atoms with Crippen LogP contribution >= 0.6 is 15.6 Å². The highest BCUT2D eigenvalue weighted by Gasteiger charge is 2.29. The van der Waals surface area contributed by atoms with Crippen LogP contribution in [0, 0.1) is 0 Å². The minimum atomic E-state index is -4.93. The van der Waals surface area contributed by atoms with E-state index in [1.165, 1.54) is 116 Å². The summed E-state index contributed by atoms with van der Waals surface area (Å²) in [5, 5.41) is 20.7. The average Bonchev–Trinajstić information content (AvgIpc) is 0.922. The molecular formula is C85H146O16P2. The monoisotopic (exact) mass is 1490 g/mol. The second kappa shape index (κ2) is 77.3. The maximum absolute atomic E-state index is 13.0. The molecule has 0 aromatic rings. The van der Waals surface area contributed by atoms with Crippen molar-refractivity contribution in [3.8, 4) is 0 Å². The van der Waals surface area contributed by atoms with E-state index in [-0.39, 0.29) is 19.3 Å². The van der Waals surface area contributed by atoms with Gasteiger partial charge in [-0.2, -0.15) is 0 Å². The molecule has 0 spiro atoms. The van der Waals surface area contributed by atoms with E-state index >= 15 is 0 Å². The first-order valence-corrected chi connectivity index (χ1v) is 43.5. The molecule has 0 aliphatic carbocycles. The minimum Gasteiger partial charge on any atom is -0.463 e. The molecule has 0 aliphatic heterocycles. The molecule has 0 heterocycles. The number of aliphatic hydroxyl groups excluding tert-OH is 2. The first-order valence-electron chi connectivity index (χ1n) is 40.5. The number of hydrogen-bond donors (Lipinski definition) is 4. The SMILES string of the molecule is CC/C=C\C/C=C\C/C=C\C/C=C\C/C=C\C/C=C\CCCCCCCCCCCCCCC(=O)OCC(O)COP(=O)(O)OCC(O)COP(=O)(O)OCC(COC(=O)CCCCCCC/C=C\C/C=C\C/C=C\C/C=C\C/C=C\CC)OC(=O)CCCCCCCCCCCCCCCCC. The lowest BCUT2D eigenvalue weighted by Gasteiger charge is -2.21. The van der Waals surface area contributed by atoms with Crippen molar-refractivity contribution in [2.24, 2.45) is 0 Å². The fourth-order valence-corrected chi connectivity index (χ4v) is 12.4. The van der Waals surface area contributed by atoms with Crippen molar-refractivity contribution in [2.75, 3.05) is 39.6 Å². The van der Waals surface area contributed by atoms with Gasteiger partial charge in [0.1, 0.15) is 25.4 Å². The summed E-state index contributed by atoms with van der Waals surface area (Å²) in [5.74, 6) is -1.59. The maximum Gasteiger partial charge on any atom is 0.472 e. The molecule has 0 rings (SSSR count). The van der Waals surface area contributed by atoms with Crippen molar-refractivity contribution in [3.05, 3.63) is 134 Å². The van der Waals surface area contributed by atoms with Crippen LogP contribution in [0.2, 0.25) is 0 Å².